The number of hydrogen-bond acceptors (Lipinski definition) is 5. The van der Waals surface area contributed by atoms with Crippen molar-refractivity contribution < 1.29 is 9.72 Å². The molecule has 112 valence electrons. The summed E-state index contributed by atoms with van der Waals surface area (Å²) in [5.74, 6) is -0.831. The number of nitrogens with zero attached hydrogens (tertiary/aromatic N) is 5. The Hall–Kier alpha value is -2.42. The summed E-state index contributed by atoms with van der Waals surface area (Å²) in [5, 5.41) is 21.1. The van der Waals surface area contributed by atoms with E-state index in [9.17, 15) is 14.9 Å². The first kappa shape index (κ1) is 15.0. The van der Waals surface area contributed by atoms with E-state index in [2.05, 4.69) is 15.5 Å². The number of amides is 1. The molecule has 10 heteroatoms. The predicted molar refractivity (Wildman–Crippen MR) is 75.2 cm³/mol. The monoisotopic (exact) mass is 312 g/mol. The van der Waals surface area contributed by atoms with E-state index in [1.807, 2.05) is 6.92 Å². The average Bonchev–Trinajstić information content (AvgIpc) is 2.87. The van der Waals surface area contributed by atoms with Gasteiger partial charge >= 0.3 is 5.82 Å². The van der Waals surface area contributed by atoms with Crippen LogP contribution >= 0.6 is 11.6 Å². The molecule has 0 aliphatic rings. The van der Waals surface area contributed by atoms with Crippen molar-refractivity contribution in [2.45, 2.75) is 20.4 Å². The van der Waals surface area contributed by atoms with Crippen LogP contribution in [0.2, 0.25) is 5.02 Å². The highest BCUT2D eigenvalue weighted by Crippen LogP contribution is 2.26. The number of anilines is 1. The van der Waals surface area contributed by atoms with Crippen molar-refractivity contribution in [3.63, 3.8) is 0 Å². The quantitative estimate of drug-likeness (QED) is 0.678. The number of carbonyl (C=O) groups is 1. The standard InChI is InChI=1S/C11H13ClN6O3/c1-6-8(4-13-16(6)3)14-9(19)5-17-7(2)10(12)11(15-17)18(20)21/h4H,5H2,1-3H3,(H,14,19). The number of nitro groups is 1. The van der Waals surface area contributed by atoms with Gasteiger partial charge in [0.2, 0.25) is 5.91 Å². The lowest BCUT2D eigenvalue weighted by Gasteiger charge is -2.04. The fraction of sp³-hybridized carbons (Fsp3) is 0.364. The minimum absolute atomic E-state index is 0.0645. The number of carbonyl (C=O) groups excluding carboxylic acids is 1. The van der Waals surface area contributed by atoms with Crippen LogP contribution in [-0.2, 0) is 18.4 Å². The SMILES string of the molecule is Cc1c(NC(=O)Cn2nc([N+](=O)[O-])c(Cl)c2C)cnn1C. The zero-order valence-corrected chi connectivity index (χ0v) is 12.4. The van der Waals surface area contributed by atoms with Crippen molar-refractivity contribution in [1.82, 2.24) is 19.6 Å². The molecule has 0 radical (unpaired) electrons. The summed E-state index contributed by atoms with van der Waals surface area (Å²) in [6.45, 7) is 3.20. The summed E-state index contributed by atoms with van der Waals surface area (Å²) in [5.41, 5.74) is 1.74. The lowest BCUT2D eigenvalue weighted by molar-refractivity contribution is -0.389. The number of hydrogen-bond donors (Lipinski definition) is 1. The second-order valence-corrected chi connectivity index (χ2v) is 4.83. The Labute approximate surface area is 124 Å². The molecule has 1 N–H and O–H groups in total. The molecule has 0 bridgehead atoms. The van der Waals surface area contributed by atoms with Crippen LogP contribution in [0.3, 0.4) is 0 Å². The first-order valence-corrected chi connectivity index (χ1v) is 6.34. The average molecular weight is 313 g/mol. The second kappa shape index (κ2) is 5.52. The molecule has 1 amide bonds. The molecule has 0 aliphatic carbocycles. The summed E-state index contributed by atoms with van der Waals surface area (Å²) >= 11 is 5.81. The molecule has 2 aromatic heterocycles. The van der Waals surface area contributed by atoms with Crippen molar-refractivity contribution in [2.75, 3.05) is 5.32 Å². The number of nitrogens with one attached hydrogen (secondary N) is 1. The topological polar surface area (TPSA) is 108 Å². The molecule has 0 aliphatic heterocycles. The van der Waals surface area contributed by atoms with Gasteiger partial charge in [-0.05, 0) is 18.8 Å². The van der Waals surface area contributed by atoms with Crippen LogP contribution in [0.15, 0.2) is 6.20 Å². The third-order valence-corrected chi connectivity index (χ3v) is 3.53. The van der Waals surface area contributed by atoms with E-state index in [0.717, 1.165) is 5.69 Å². The van der Waals surface area contributed by atoms with E-state index in [1.165, 1.54) is 10.9 Å². The number of halogens is 1. The van der Waals surface area contributed by atoms with Crippen molar-refractivity contribution >= 4 is 29.0 Å². The van der Waals surface area contributed by atoms with Crippen LogP contribution in [0.25, 0.3) is 0 Å². The molecule has 0 aromatic carbocycles. The van der Waals surface area contributed by atoms with Gasteiger partial charge in [-0.2, -0.15) is 9.78 Å². The molecule has 0 fully saturated rings. The van der Waals surface area contributed by atoms with Gasteiger partial charge in [-0.25, -0.2) is 0 Å². The maximum absolute atomic E-state index is 12.0. The van der Waals surface area contributed by atoms with Crippen molar-refractivity contribution in [3.05, 3.63) is 32.7 Å². The fourth-order valence-electron chi connectivity index (χ4n) is 1.73. The third-order valence-electron chi connectivity index (χ3n) is 3.09. The summed E-state index contributed by atoms with van der Waals surface area (Å²) in [4.78, 5) is 22.0. The van der Waals surface area contributed by atoms with Gasteiger partial charge in [0.15, 0.2) is 5.02 Å². The molecule has 2 rings (SSSR count). The van der Waals surface area contributed by atoms with E-state index in [1.54, 1.807) is 18.7 Å². The molecular weight excluding hydrogens is 300 g/mol. The van der Waals surface area contributed by atoms with Crippen molar-refractivity contribution in [3.8, 4) is 0 Å². The van der Waals surface area contributed by atoms with Gasteiger partial charge < -0.3 is 15.4 Å². The fourth-order valence-corrected chi connectivity index (χ4v) is 1.93. The first-order valence-electron chi connectivity index (χ1n) is 5.97. The highest BCUT2D eigenvalue weighted by atomic mass is 35.5. The van der Waals surface area contributed by atoms with E-state index in [4.69, 9.17) is 11.6 Å². The predicted octanol–water partition coefficient (Wildman–Crippen LogP) is 1.43. The van der Waals surface area contributed by atoms with Crippen molar-refractivity contribution in [1.29, 1.82) is 0 Å². The van der Waals surface area contributed by atoms with Crippen LogP contribution in [-0.4, -0.2) is 30.4 Å². The number of aromatic nitrogens is 4. The van der Waals surface area contributed by atoms with E-state index >= 15 is 0 Å². The van der Waals surface area contributed by atoms with Gasteiger partial charge in [0.1, 0.15) is 6.54 Å². The van der Waals surface area contributed by atoms with E-state index < -0.39 is 10.7 Å². The van der Waals surface area contributed by atoms with Gasteiger partial charge in [0.05, 0.1) is 28.4 Å². The van der Waals surface area contributed by atoms with Crippen molar-refractivity contribution in [2.24, 2.45) is 7.05 Å². The molecule has 0 saturated heterocycles. The maximum Gasteiger partial charge on any atom is 0.408 e. The van der Waals surface area contributed by atoms with Gasteiger partial charge in [-0.1, -0.05) is 11.6 Å². The zero-order chi connectivity index (χ0) is 15.7. The maximum atomic E-state index is 12.0. The third kappa shape index (κ3) is 2.87. The normalized spacial score (nSPS) is 10.7. The van der Waals surface area contributed by atoms with Gasteiger partial charge in [-0.3, -0.25) is 9.48 Å². The second-order valence-electron chi connectivity index (χ2n) is 4.45. The minimum atomic E-state index is -0.686. The van der Waals surface area contributed by atoms with E-state index in [0.29, 0.717) is 11.4 Å². The largest absolute Gasteiger partial charge is 0.408 e. The van der Waals surface area contributed by atoms with Crippen LogP contribution in [0.1, 0.15) is 11.4 Å². The molecule has 0 saturated carbocycles. The summed E-state index contributed by atoms with van der Waals surface area (Å²) in [7, 11) is 1.76. The molecule has 9 nitrogen and oxygen atoms in total. The Kier molecular flexibility index (Phi) is 3.94. The smallest absolute Gasteiger partial charge is 0.358 e. The van der Waals surface area contributed by atoms with Crippen LogP contribution < -0.4 is 5.32 Å². The molecule has 0 unspecified atom stereocenters. The Morgan fingerprint density at radius 3 is 2.62 bits per heavy atom. The Morgan fingerprint density at radius 2 is 2.14 bits per heavy atom. The molecule has 0 spiro atoms. The molecule has 0 atom stereocenters. The van der Waals surface area contributed by atoms with Gasteiger partial charge in [0.25, 0.3) is 0 Å². The van der Waals surface area contributed by atoms with E-state index in [-0.39, 0.29) is 17.5 Å². The molecular formula is C11H13ClN6O3. The molecule has 2 heterocycles. The summed E-state index contributed by atoms with van der Waals surface area (Å²) in [6.07, 6.45) is 1.53. The van der Waals surface area contributed by atoms with Gasteiger partial charge in [0, 0.05) is 7.05 Å². The number of aryl methyl sites for hydroxylation is 1. The zero-order valence-electron chi connectivity index (χ0n) is 11.6. The van der Waals surface area contributed by atoms with Crippen LogP contribution in [0, 0.1) is 24.0 Å². The Bertz CT molecular complexity index is 720. The highest BCUT2D eigenvalue weighted by Gasteiger charge is 2.25. The Balaban J connectivity index is 2.15. The summed E-state index contributed by atoms with van der Waals surface area (Å²) < 4.78 is 2.82. The molecule has 2 aromatic rings. The van der Waals surface area contributed by atoms with Crippen LogP contribution in [0.4, 0.5) is 11.5 Å². The molecule has 21 heavy (non-hydrogen) atoms. The first-order chi connectivity index (χ1) is 9.81. The number of rotatable bonds is 4. The minimum Gasteiger partial charge on any atom is -0.358 e. The highest BCUT2D eigenvalue weighted by molar-refractivity contribution is 6.33. The lowest BCUT2D eigenvalue weighted by atomic mass is 10.4. The van der Waals surface area contributed by atoms with Gasteiger partial charge in [-0.15, -0.1) is 0 Å². The lowest BCUT2D eigenvalue weighted by Crippen LogP contribution is -2.20. The summed E-state index contributed by atoms with van der Waals surface area (Å²) in [6, 6.07) is 0. The van der Waals surface area contributed by atoms with Crippen LogP contribution in [0.5, 0.6) is 0 Å². The Morgan fingerprint density at radius 1 is 1.48 bits per heavy atom.